The average Bonchev–Trinajstić information content (AvgIpc) is 2.62. The molecule has 1 aliphatic heterocycles. The minimum absolute atomic E-state index is 0.822. The number of hydrogen-bond acceptors (Lipinski definition) is 3. The maximum atomic E-state index is 5.36. The fraction of sp³-hybridized carbons (Fsp3) is 0.111. The van der Waals surface area contributed by atoms with Crippen molar-refractivity contribution in [3.05, 3.63) is 41.1 Å². The standard InChI is InChI=1S/C6H7N.C3H4S2/c7-6-4-2-1-3-5-6;1-2-5-3-4-1/h1-5H,7H2;1-2H,3H2. The van der Waals surface area contributed by atoms with Gasteiger partial charge in [-0.1, -0.05) is 18.2 Å². The van der Waals surface area contributed by atoms with Crippen molar-refractivity contribution in [3.8, 4) is 0 Å². The largest absolute Gasteiger partial charge is 0.399 e. The third-order valence-corrected chi connectivity index (χ3v) is 3.10. The first kappa shape index (κ1) is 9.55. The summed E-state index contributed by atoms with van der Waals surface area (Å²) in [5, 5.41) is 5.45. The number of hydrogen-bond donors (Lipinski definition) is 1. The Kier molecular flexibility index (Phi) is 4.80. The van der Waals surface area contributed by atoms with Gasteiger partial charge in [-0.2, -0.15) is 0 Å². The van der Waals surface area contributed by atoms with Crippen molar-refractivity contribution in [2.45, 2.75) is 0 Å². The van der Waals surface area contributed by atoms with Gasteiger partial charge in [-0.15, -0.1) is 23.5 Å². The van der Waals surface area contributed by atoms with E-state index in [1.54, 1.807) is 0 Å². The van der Waals surface area contributed by atoms with Crippen LogP contribution in [0.4, 0.5) is 5.69 Å². The smallest absolute Gasteiger partial charge is 0.0475 e. The van der Waals surface area contributed by atoms with Crippen LogP contribution in [0.3, 0.4) is 0 Å². The third-order valence-electron chi connectivity index (χ3n) is 1.18. The summed E-state index contributed by atoms with van der Waals surface area (Å²) in [7, 11) is 0. The van der Waals surface area contributed by atoms with Gasteiger partial charge in [0.05, 0.1) is 0 Å². The molecule has 0 amide bonds. The first-order valence-electron chi connectivity index (χ1n) is 3.58. The molecule has 2 rings (SSSR count). The molecule has 0 fully saturated rings. The lowest BCUT2D eigenvalue weighted by atomic mass is 10.3. The first-order valence-corrected chi connectivity index (χ1v) is 5.68. The van der Waals surface area contributed by atoms with Gasteiger partial charge in [0, 0.05) is 10.8 Å². The van der Waals surface area contributed by atoms with Crippen molar-refractivity contribution in [2.75, 3.05) is 10.8 Å². The fourth-order valence-electron chi connectivity index (χ4n) is 0.649. The predicted molar refractivity (Wildman–Crippen MR) is 60.0 cm³/mol. The van der Waals surface area contributed by atoms with E-state index >= 15 is 0 Å². The summed E-state index contributed by atoms with van der Waals surface area (Å²) in [6.07, 6.45) is 0. The van der Waals surface area contributed by atoms with Crippen LogP contribution in [0.1, 0.15) is 0 Å². The Morgan fingerprint density at radius 3 is 1.83 bits per heavy atom. The molecule has 0 aromatic heterocycles. The van der Waals surface area contributed by atoms with Crippen molar-refractivity contribution < 1.29 is 0 Å². The second kappa shape index (κ2) is 6.03. The lowest BCUT2D eigenvalue weighted by Crippen LogP contribution is -1.79. The van der Waals surface area contributed by atoms with E-state index in [9.17, 15) is 0 Å². The van der Waals surface area contributed by atoms with E-state index in [1.165, 1.54) is 5.08 Å². The highest BCUT2D eigenvalue weighted by molar-refractivity contribution is 8.21. The van der Waals surface area contributed by atoms with Gasteiger partial charge in [0.15, 0.2) is 0 Å². The topological polar surface area (TPSA) is 26.0 Å². The second-order valence-corrected chi connectivity index (χ2v) is 4.29. The van der Waals surface area contributed by atoms with Gasteiger partial charge in [0.25, 0.3) is 0 Å². The first-order chi connectivity index (χ1) is 5.89. The monoisotopic (exact) mass is 197 g/mol. The Morgan fingerprint density at radius 2 is 1.58 bits per heavy atom. The van der Waals surface area contributed by atoms with Crippen molar-refractivity contribution in [1.29, 1.82) is 0 Å². The zero-order chi connectivity index (χ0) is 8.65. The molecular weight excluding hydrogens is 186 g/mol. The predicted octanol–water partition coefficient (Wildman–Crippen LogP) is 3.16. The van der Waals surface area contributed by atoms with Crippen LogP contribution in [-0.4, -0.2) is 5.08 Å². The van der Waals surface area contributed by atoms with E-state index in [1.807, 2.05) is 53.9 Å². The number of nitrogen functional groups attached to an aromatic ring is 1. The van der Waals surface area contributed by atoms with Crippen molar-refractivity contribution >= 4 is 29.2 Å². The fourth-order valence-corrected chi connectivity index (χ4v) is 2.22. The minimum atomic E-state index is 0.822. The molecule has 0 spiro atoms. The van der Waals surface area contributed by atoms with E-state index < -0.39 is 0 Å². The Bertz CT molecular complexity index is 228. The van der Waals surface area contributed by atoms with Gasteiger partial charge in [0.2, 0.25) is 0 Å². The molecule has 0 saturated carbocycles. The number of thioether (sulfide) groups is 2. The molecule has 0 bridgehead atoms. The Hall–Kier alpha value is -0.540. The second-order valence-electron chi connectivity index (χ2n) is 2.13. The van der Waals surface area contributed by atoms with Crippen LogP contribution in [-0.2, 0) is 0 Å². The quantitative estimate of drug-likeness (QED) is 0.647. The molecule has 0 radical (unpaired) electrons. The highest BCUT2D eigenvalue weighted by Crippen LogP contribution is 2.22. The van der Waals surface area contributed by atoms with Crippen molar-refractivity contribution in [1.82, 2.24) is 0 Å². The molecule has 1 aromatic rings. The Labute approximate surface area is 81.4 Å². The number of benzene rings is 1. The van der Waals surface area contributed by atoms with Crippen LogP contribution in [0.25, 0.3) is 0 Å². The van der Waals surface area contributed by atoms with E-state index in [-0.39, 0.29) is 0 Å². The highest BCUT2D eigenvalue weighted by Gasteiger charge is 1.85. The number of rotatable bonds is 0. The van der Waals surface area contributed by atoms with Gasteiger partial charge < -0.3 is 5.73 Å². The van der Waals surface area contributed by atoms with Crippen LogP contribution in [0, 0.1) is 0 Å². The maximum Gasteiger partial charge on any atom is 0.0475 e. The zero-order valence-corrected chi connectivity index (χ0v) is 8.28. The summed E-state index contributed by atoms with van der Waals surface area (Å²) in [5.41, 5.74) is 6.18. The summed E-state index contributed by atoms with van der Waals surface area (Å²) >= 11 is 3.71. The Balaban J connectivity index is 0.000000127. The van der Waals surface area contributed by atoms with Gasteiger partial charge in [-0.3, -0.25) is 0 Å². The molecule has 0 aliphatic carbocycles. The molecule has 12 heavy (non-hydrogen) atoms. The van der Waals surface area contributed by atoms with Crippen LogP contribution in [0.5, 0.6) is 0 Å². The van der Waals surface area contributed by atoms with Gasteiger partial charge >= 0.3 is 0 Å². The molecular formula is C9H11NS2. The Morgan fingerprint density at radius 1 is 1.00 bits per heavy atom. The lowest BCUT2D eigenvalue weighted by Gasteiger charge is -1.83. The molecule has 3 heteroatoms. The van der Waals surface area contributed by atoms with Crippen molar-refractivity contribution in [3.63, 3.8) is 0 Å². The molecule has 1 nitrogen and oxygen atoms in total. The summed E-state index contributed by atoms with van der Waals surface area (Å²) in [5.74, 6) is 0. The van der Waals surface area contributed by atoms with Gasteiger partial charge in [0.1, 0.15) is 0 Å². The number of para-hydroxylation sites is 1. The molecule has 2 N–H and O–H groups in total. The van der Waals surface area contributed by atoms with Crippen LogP contribution >= 0.6 is 23.5 Å². The normalized spacial score (nSPS) is 13.7. The summed E-state index contributed by atoms with van der Waals surface area (Å²) < 4.78 is 0. The molecule has 64 valence electrons. The number of anilines is 1. The average molecular weight is 197 g/mol. The van der Waals surface area contributed by atoms with E-state index in [4.69, 9.17) is 5.73 Å². The SMILES string of the molecule is C1=CSCS1.Nc1ccccc1. The highest BCUT2D eigenvalue weighted by atomic mass is 32.2. The lowest BCUT2D eigenvalue weighted by molar-refractivity contribution is 1.69. The van der Waals surface area contributed by atoms with E-state index in [0.29, 0.717) is 0 Å². The molecule has 0 unspecified atom stereocenters. The third kappa shape index (κ3) is 4.36. The molecule has 0 saturated heterocycles. The maximum absolute atomic E-state index is 5.36. The summed E-state index contributed by atoms with van der Waals surface area (Å²) in [4.78, 5) is 0. The van der Waals surface area contributed by atoms with Crippen LogP contribution in [0.15, 0.2) is 41.1 Å². The van der Waals surface area contributed by atoms with Gasteiger partial charge in [-0.05, 0) is 22.9 Å². The van der Waals surface area contributed by atoms with E-state index in [0.717, 1.165) is 5.69 Å². The van der Waals surface area contributed by atoms with Crippen LogP contribution < -0.4 is 5.73 Å². The molecule has 1 heterocycles. The summed E-state index contributed by atoms with van der Waals surface area (Å²) in [6, 6.07) is 9.49. The zero-order valence-electron chi connectivity index (χ0n) is 6.64. The minimum Gasteiger partial charge on any atom is -0.399 e. The number of nitrogens with two attached hydrogens (primary N) is 1. The molecule has 1 aliphatic rings. The van der Waals surface area contributed by atoms with Crippen molar-refractivity contribution in [2.24, 2.45) is 0 Å². The van der Waals surface area contributed by atoms with Crippen LogP contribution in [0.2, 0.25) is 0 Å². The van der Waals surface area contributed by atoms with Gasteiger partial charge in [-0.25, -0.2) is 0 Å². The molecule has 1 aromatic carbocycles. The molecule has 0 atom stereocenters. The summed E-state index contributed by atoms with van der Waals surface area (Å²) in [6.45, 7) is 0. The van der Waals surface area contributed by atoms with E-state index in [2.05, 4.69) is 10.8 Å².